The van der Waals surface area contributed by atoms with Crippen LogP contribution in [0.15, 0.2) is 42.5 Å². The van der Waals surface area contributed by atoms with Crippen molar-refractivity contribution in [3.8, 4) is 0 Å². The van der Waals surface area contributed by atoms with Gasteiger partial charge in [0.05, 0.1) is 8.07 Å². The molecule has 0 heterocycles. The van der Waals surface area contributed by atoms with Gasteiger partial charge >= 0.3 is 0 Å². The Morgan fingerprint density at radius 2 is 1.82 bits per heavy atom. The Bertz CT molecular complexity index is 356. The minimum absolute atomic E-state index is 0.262. The molecule has 1 nitrogen and oxygen atoms in total. The zero-order valence-electron chi connectivity index (χ0n) is 11.4. The SMILES string of the molecule is C/C=C/[C@H]([C@@H](C)CO)[Si](C)(C)c1ccccc1. The van der Waals surface area contributed by atoms with Gasteiger partial charge in [0.2, 0.25) is 0 Å². The number of allylic oxidation sites excluding steroid dienone is 2. The monoisotopic (exact) mass is 248 g/mol. The molecule has 0 fully saturated rings. The Balaban J connectivity index is 3.08. The van der Waals surface area contributed by atoms with E-state index >= 15 is 0 Å². The molecule has 0 amide bonds. The predicted octanol–water partition coefficient (Wildman–Crippen LogP) is 3.18. The third kappa shape index (κ3) is 3.30. The molecule has 0 radical (unpaired) electrons. The van der Waals surface area contributed by atoms with E-state index in [9.17, 15) is 5.11 Å². The van der Waals surface area contributed by atoms with Crippen molar-refractivity contribution in [3.05, 3.63) is 42.5 Å². The summed E-state index contributed by atoms with van der Waals surface area (Å²) in [6.45, 7) is 9.24. The number of aliphatic hydroxyl groups excluding tert-OH is 1. The number of hydrogen-bond acceptors (Lipinski definition) is 1. The Morgan fingerprint density at radius 3 is 2.29 bits per heavy atom. The maximum absolute atomic E-state index is 9.43. The molecule has 0 aliphatic carbocycles. The lowest BCUT2D eigenvalue weighted by Gasteiger charge is -2.34. The van der Waals surface area contributed by atoms with E-state index in [1.54, 1.807) is 0 Å². The van der Waals surface area contributed by atoms with Crippen LogP contribution < -0.4 is 5.19 Å². The number of aliphatic hydroxyl groups is 1. The molecule has 1 aromatic rings. The topological polar surface area (TPSA) is 20.2 Å². The van der Waals surface area contributed by atoms with Gasteiger partial charge in [0, 0.05) is 6.61 Å². The first-order chi connectivity index (χ1) is 8.04. The first-order valence-electron chi connectivity index (χ1n) is 6.33. The summed E-state index contributed by atoms with van der Waals surface area (Å²) in [5.41, 5.74) is 0.486. The van der Waals surface area contributed by atoms with Crippen LogP contribution in [0.1, 0.15) is 13.8 Å². The number of benzene rings is 1. The van der Waals surface area contributed by atoms with Gasteiger partial charge < -0.3 is 5.11 Å². The zero-order chi connectivity index (χ0) is 12.9. The van der Waals surface area contributed by atoms with E-state index in [4.69, 9.17) is 0 Å². The van der Waals surface area contributed by atoms with Gasteiger partial charge in [0.1, 0.15) is 0 Å². The maximum Gasteiger partial charge on any atom is 0.0877 e. The highest BCUT2D eigenvalue weighted by molar-refractivity contribution is 6.91. The van der Waals surface area contributed by atoms with E-state index in [-0.39, 0.29) is 6.61 Å². The van der Waals surface area contributed by atoms with Crippen molar-refractivity contribution in [2.24, 2.45) is 5.92 Å². The fourth-order valence-electron chi connectivity index (χ4n) is 2.52. The van der Waals surface area contributed by atoms with Crippen molar-refractivity contribution in [2.75, 3.05) is 6.61 Å². The van der Waals surface area contributed by atoms with E-state index < -0.39 is 8.07 Å². The van der Waals surface area contributed by atoms with E-state index in [0.29, 0.717) is 11.5 Å². The van der Waals surface area contributed by atoms with Crippen LogP contribution in [0.3, 0.4) is 0 Å². The molecule has 0 saturated heterocycles. The van der Waals surface area contributed by atoms with Gasteiger partial charge in [-0.15, -0.1) is 0 Å². The highest BCUT2D eigenvalue weighted by atomic mass is 28.3. The van der Waals surface area contributed by atoms with Gasteiger partial charge in [-0.2, -0.15) is 0 Å². The smallest absolute Gasteiger partial charge is 0.0877 e. The third-order valence-corrected chi connectivity index (χ3v) is 7.90. The molecule has 0 aromatic heterocycles. The Morgan fingerprint density at radius 1 is 1.24 bits per heavy atom. The van der Waals surface area contributed by atoms with E-state index in [1.165, 1.54) is 5.19 Å². The van der Waals surface area contributed by atoms with Crippen molar-refractivity contribution in [1.82, 2.24) is 0 Å². The third-order valence-electron chi connectivity index (χ3n) is 3.65. The standard InChI is InChI=1S/C15H24OSi/c1-5-9-15(13(2)12-16)17(3,4)14-10-7-6-8-11-14/h5-11,13,15-16H,12H2,1-4H3/b9-5+/t13-,15+/m0/s1. The number of rotatable bonds is 5. The van der Waals surface area contributed by atoms with E-state index in [0.717, 1.165) is 0 Å². The van der Waals surface area contributed by atoms with Gasteiger partial charge in [-0.3, -0.25) is 0 Å². The van der Waals surface area contributed by atoms with Crippen molar-refractivity contribution in [3.63, 3.8) is 0 Å². The summed E-state index contributed by atoms with van der Waals surface area (Å²) in [7, 11) is -1.56. The Labute approximate surface area is 106 Å². The molecule has 0 aliphatic rings. The van der Waals surface area contributed by atoms with Crippen LogP contribution in [0, 0.1) is 5.92 Å². The molecule has 1 N–H and O–H groups in total. The molecule has 17 heavy (non-hydrogen) atoms. The fraction of sp³-hybridized carbons (Fsp3) is 0.467. The molecular weight excluding hydrogens is 224 g/mol. The minimum Gasteiger partial charge on any atom is -0.396 e. The summed E-state index contributed by atoms with van der Waals surface area (Å²) in [4.78, 5) is 0. The highest BCUT2D eigenvalue weighted by Gasteiger charge is 2.34. The van der Waals surface area contributed by atoms with Gasteiger partial charge in [-0.1, -0.05) is 67.7 Å². The van der Waals surface area contributed by atoms with Gasteiger partial charge in [0.15, 0.2) is 0 Å². The highest BCUT2D eigenvalue weighted by Crippen LogP contribution is 2.31. The van der Waals surface area contributed by atoms with E-state index in [2.05, 4.69) is 69.4 Å². The first-order valence-corrected chi connectivity index (χ1v) is 9.41. The molecule has 1 rings (SSSR count). The molecule has 2 atom stereocenters. The average molecular weight is 248 g/mol. The van der Waals surface area contributed by atoms with Crippen LogP contribution in [0.4, 0.5) is 0 Å². The van der Waals surface area contributed by atoms with Crippen LogP contribution in [0.25, 0.3) is 0 Å². The molecule has 2 heteroatoms. The van der Waals surface area contributed by atoms with Crippen molar-refractivity contribution in [1.29, 1.82) is 0 Å². The summed E-state index contributed by atoms with van der Waals surface area (Å²) >= 11 is 0. The zero-order valence-corrected chi connectivity index (χ0v) is 12.4. The largest absolute Gasteiger partial charge is 0.396 e. The molecule has 0 aliphatic heterocycles. The summed E-state index contributed by atoms with van der Waals surface area (Å²) in [6, 6.07) is 10.7. The lowest BCUT2D eigenvalue weighted by Crippen LogP contribution is -2.47. The second-order valence-corrected chi connectivity index (χ2v) is 9.99. The average Bonchev–Trinajstić information content (AvgIpc) is 2.36. The lowest BCUT2D eigenvalue weighted by molar-refractivity contribution is 0.237. The summed E-state index contributed by atoms with van der Waals surface area (Å²) in [5.74, 6) is 0.327. The molecular formula is C15H24OSi. The van der Waals surface area contributed by atoms with Crippen LogP contribution in [0.2, 0.25) is 18.6 Å². The molecule has 0 saturated carbocycles. The molecule has 0 unspecified atom stereocenters. The lowest BCUT2D eigenvalue weighted by atomic mass is 10.1. The van der Waals surface area contributed by atoms with Gasteiger partial charge in [-0.05, 0) is 18.4 Å². The molecule has 94 valence electrons. The van der Waals surface area contributed by atoms with Crippen molar-refractivity contribution >= 4 is 13.3 Å². The van der Waals surface area contributed by atoms with Crippen LogP contribution in [-0.4, -0.2) is 19.8 Å². The number of hydrogen-bond donors (Lipinski definition) is 1. The fourth-order valence-corrected chi connectivity index (χ4v) is 6.16. The summed E-state index contributed by atoms with van der Waals surface area (Å²) in [6.07, 6.45) is 4.40. The van der Waals surface area contributed by atoms with Crippen molar-refractivity contribution < 1.29 is 5.11 Å². The second kappa shape index (κ2) is 6.17. The molecule has 1 aromatic carbocycles. The predicted molar refractivity (Wildman–Crippen MR) is 78.4 cm³/mol. The second-order valence-electron chi connectivity index (χ2n) is 5.30. The van der Waals surface area contributed by atoms with Crippen molar-refractivity contribution in [2.45, 2.75) is 32.5 Å². The van der Waals surface area contributed by atoms with Gasteiger partial charge in [-0.25, -0.2) is 0 Å². The Kier molecular flexibility index (Phi) is 5.16. The quantitative estimate of drug-likeness (QED) is 0.627. The van der Waals surface area contributed by atoms with Crippen LogP contribution >= 0.6 is 0 Å². The Hall–Kier alpha value is -0.863. The van der Waals surface area contributed by atoms with Crippen LogP contribution in [-0.2, 0) is 0 Å². The summed E-state index contributed by atoms with van der Waals surface area (Å²) < 4.78 is 0. The van der Waals surface area contributed by atoms with E-state index in [1.807, 2.05) is 0 Å². The van der Waals surface area contributed by atoms with Gasteiger partial charge in [0.25, 0.3) is 0 Å². The maximum atomic E-state index is 9.43. The normalized spacial score (nSPS) is 16.1. The minimum atomic E-state index is -1.56. The molecule has 0 spiro atoms. The molecule has 0 bridgehead atoms. The van der Waals surface area contributed by atoms with Crippen LogP contribution in [0.5, 0.6) is 0 Å². The summed E-state index contributed by atoms with van der Waals surface area (Å²) in [5, 5.41) is 10.9. The first kappa shape index (κ1) is 14.2.